The van der Waals surface area contributed by atoms with E-state index in [-0.39, 0.29) is 32.5 Å². The van der Waals surface area contributed by atoms with Crippen LogP contribution in [0.15, 0.2) is 76.5 Å². The van der Waals surface area contributed by atoms with Crippen molar-refractivity contribution < 1.29 is 26.4 Å². The minimum Gasteiger partial charge on any atom is -0.322 e. The third-order valence-electron chi connectivity index (χ3n) is 4.72. The second-order valence-corrected chi connectivity index (χ2v) is 10.5. The minimum absolute atomic E-state index is 0.0145. The van der Waals surface area contributed by atoms with Gasteiger partial charge in [-0.15, -0.1) is 0 Å². The molecule has 4 N–H and O–H groups in total. The lowest BCUT2D eigenvalue weighted by molar-refractivity contribution is 0.101. The summed E-state index contributed by atoms with van der Waals surface area (Å²) in [5, 5.41) is 7.77. The van der Waals surface area contributed by atoms with Crippen molar-refractivity contribution in [2.45, 2.75) is 23.6 Å². The maximum Gasteiger partial charge on any atom is 0.261 e. The summed E-state index contributed by atoms with van der Waals surface area (Å²) in [6, 6.07) is 15.5. The number of nitrogens with one attached hydrogen (secondary N) is 2. The molecular formula is C22H21N3O6S2. The first-order chi connectivity index (χ1) is 15.4. The van der Waals surface area contributed by atoms with Crippen LogP contribution in [0.4, 0.5) is 11.4 Å². The van der Waals surface area contributed by atoms with Crippen LogP contribution >= 0.6 is 0 Å². The lowest BCUT2D eigenvalue weighted by Gasteiger charge is -2.11. The Balaban J connectivity index is 1.73. The quantitative estimate of drug-likeness (QED) is 0.436. The Bertz CT molecular complexity index is 1430. The van der Waals surface area contributed by atoms with Crippen molar-refractivity contribution in [1.29, 1.82) is 0 Å². The number of sulfonamides is 2. The van der Waals surface area contributed by atoms with E-state index in [1.165, 1.54) is 67.6 Å². The number of rotatable bonds is 7. The number of primary sulfonamides is 1. The standard InChI is InChI=1S/C22H21N3O6S2/c1-14-3-8-19(13-21(14)32(23,28)29)24-22(27)17-4-9-18(10-5-17)25-33(30,31)20-11-6-16(7-12-20)15(2)26/h3-13,25H,1-2H3,(H,24,27)(H2,23,28,29). The number of aryl methyl sites for hydroxylation is 1. The predicted molar refractivity (Wildman–Crippen MR) is 124 cm³/mol. The van der Waals surface area contributed by atoms with Gasteiger partial charge >= 0.3 is 0 Å². The summed E-state index contributed by atoms with van der Waals surface area (Å²) in [5.41, 5.74) is 1.54. The van der Waals surface area contributed by atoms with E-state index in [1.54, 1.807) is 13.0 Å². The number of nitrogens with two attached hydrogens (primary N) is 1. The van der Waals surface area contributed by atoms with E-state index < -0.39 is 26.0 Å². The molecule has 3 rings (SSSR count). The second kappa shape index (κ2) is 9.14. The van der Waals surface area contributed by atoms with Crippen LogP contribution < -0.4 is 15.2 Å². The van der Waals surface area contributed by atoms with E-state index in [0.29, 0.717) is 11.1 Å². The molecule has 0 atom stereocenters. The third kappa shape index (κ3) is 5.83. The summed E-state index contributed by atoms with van der Waals surface area (Å²) in [5.74, 6) is -0.694. The van der Waals surface area contributed by atoms with Crippen LogP contribution in [-0.2, 0) is 20.0 Å². The van der Waals surface area contributed by atoms with Gasteiger partial charge in [-0.3, -0.25) is 14.3 Å². The van der Waals surface area contributed by atoms with Gasteiger partial charge in [0.2, 0.25) is 10.0 Å². The highest BCUT2D eigenvalue weighted by Gasteiger charge is 2.16. The van der Waals surface area contributed by atoms with Gasteiger partial charge in [0.25, 0.3) is 15.9 Å². The van der Waals surface area contributed by atoms with Gasteiger partial charge in [-0.05, 0) is 67.9 Å². The number of ketones is 1. The number of hydrogen-bond acceptors (Lipinski definition) is 6. The van der Waals surface area contributed by atoms with Gasteiger partial charge in [0, 0.05) is 22.5 Å². The molecule has 11 heteroatoms. The Morgan fingerprint density at radius 2 is 1.33 bits per heavy atom. The van der Waals surface area contributed by atoms with Crippen LogP contribution in [0, 0.1) is 6.92 Å². The number of carbonyl (C=O) groups excluding carboxylic acids is 2. The highest BCUT2D eigenvalue weighted by molar-refractivity contribution is 7.92. The zero-order valence-electron chi connectivity index (χ0n) is 17.7. The highest BCUT2D eigenvalue weighted by Crippen LogP contribution is 2.21. The van der Waals surface area contributed by atoms with Crippen LogP contribution in [0.5, 0.6) is 0 Å². The predicted octanol–water partition coefficient (Wildman–Crippen LogP) is 2.90. The zero-order chi connectivity index (χ0) is 24.4. The lowest BCUT2D eigenvalue weighted by Crippen LogP contribution is -2.16. The van der Waals surface area contributed by atoms with Gasteiger partial charge < -0.3 is 5.32 Å². The molecule has 0 bridgehead atoms. The normalized spacial score (nSPS) is 11.6. The summed E-state index contributed by atoms with van der Waals surface area (Å²) < 4.78 is 50.8. The van der Waals surface area contributed by atoms with Crippen LogP contribution in [0.2, 0.25) is 0 Å². The molecule has 0 aliphatic rings. The molecule has 172 valence electrons. The topological polar surface area (TPSA) is 152 Å². The Kier molecular flexibility index (Phi) is 6.68. The van der Waals surface area contributed by atoms with E-state index in [4.69, 9.17) is 5.14 Å². The van der Waals surface area contributed by atoms with Crippen LogP contribution in [0.3, 0.4) is 0 Å². The van der Waals surface area contributed by atoms with Crippen LogP contribution in [-0.4, -0.2) is 28.5 Å². The van der Waals surface area contributed by atoms with Gasteiger partial charge in [0.05, 0.1) is 9.79 Å². The zero-order valence-corrected chi connectivity index (χ0v) is 19.3. The molecule has 0 saturated carbocycles. The molecule has 0 unspecified atom stereocenters. The molecule has 0 aliphatic carbocycles. The maximum absolute atomic E-state index is 12.5. The van der Waals surface area contributed by atoms with Crippen molar-refractivity contribution in [2.24, 2.45) is 5.14 Å². The fourth-order valence-corrected chi connectivity index (χ4v) is 4.83. The van der Waals surface area contributed by atoms with Gasteiger partial charge in [0.15, 0.2) is 5.78 Å². The van der Waals surface area contributed by atoms with Crippen LogP contribution in [0.1, 0.15) is 33.2 Å². The molecule has 0 aliphatic heterocycles. The number of hydrogen-bond donors (Lipinski definition) is 3. The Labute approximate surface area is 191 Å². The van der Waals surface area contributed by atoms with E-state index in [9.17, 15) is 26.4 Å². The molecule has 0 fully saturated rings. The number of benzene rings is 3. The van der Waals surface area contributed by atoms with Gasteiger partial charge in [0.1, 0.15) is 0 Å². The van der Waals surface area contributed by atoms with Gasteiger partial charge in [-0.1, -0.05) is 18.2 Å². The molecule has 3 aromatic rings. The summed E-state index contributed by atoms with van der Waals surface area (Å²) in [4.78, 5) is 23.7. The first-order valence-electron chi connectivity index (χ1n) is 9.55. The van der Waals surface area contributed by atoms with Crippen molar-refractivity contribution in [3.8, 4) is 0 Å². The average molecular weight is 488 g/mol. The Hall–Kier alpha value is -3.54. The third-order valence-corrected chi connectivity index (χ3v) is 7.17. The average Bonchev–Trinajstić information content (AvgIpc) is 2.74. The van der Waals surface area contributed by atoms with Crippen molar-refractivity contribution in [3.05, 3.63) is 83.4 Å². The van der Waals surface area contributed by atoms with Crippen molar-refractivity contribution in [1.82, 2.24) is 0 Å². The van der Waals surface area contributed by atoms with Crippen molar-refractivity contribution in [2.75, 3.05) is 10.0 Å². The smallest absolute Gasteiger partial charge is 0.261 e. The van der Waals surface area contributed by atoms with E-state index >= 15 is 0 Å². The van der Waals surface area contributed by atoms with Crippen LogP contribution in [0.25, 0.3) is 0 Å². The van der Waals surface area contributed by atoms with E-state index in [1.807, 2.05) is 0 Å². The fraction of sp³-hybridized carbons (Fsp3) is 0.0909. The summed E-state index contributed by atoms with van der Waals surface area (Å²) >= 11 is 0. The molecule has 0 radical (unpaired) electrons. The number of amides is 1. The van der Waals surface area contributed by atoms with E-state index in [0.717, 1.165) is 0 Å². The molecule has 0 heterocycles. The molecule has 0 saturated heterocycles. The Morgan fingerprint density at radius 3 is 1.88 bits per heavy atom. The van der Waals surface area contributed by atoms with Gasteiger partial charge in [-0.2, -0.15) is 0 Å². The first kappa shape index (κ1) is 24.1. The summed E-state index contributed by atoms with van der Waals surface area (Å²) in [7, 11) is -7.83. The molecule has 9 nitrogen and oxygen atoms in total. The lowest BCUT2D eigenvalue weighted by atomic mass is 10.2. The molecule has 1 amide bonds. The summed E-state index contributed by atoms with van der Waals surface area (Å²) in [6.45, 7) is 2.97. The van der Waals surface area contributed by atoms with E-state index in [2.05, 4.69) is 10.0 Å². The molecule has 0 spiro atoms. The number of Topliss-reactive ketones (excluding diaryl/α,β-unsaturated/α-hetero) is 1. The molecule has 33 heavy (non-hydrogen) atoms. The molecule has 0 aromatic heterocycles. The monoisotopic (exact) mass is 487 g/mol. The van der Waals surface area contributed by atoms with Crippen molar-refractivity contribution in [3.63, 3.8) is 0 Å². The minimum atomic E-state index is -3.94. The fourth-order valence-electron chi connectivity index (χ4n) is 2.96. The van der Waals surface area contributed by atoms with Gasteiger partial charge in [-0.25, -0.2) is 22.0 Å². The van der Waals surface area contributed by atoms with Crippen molar-refractivity contribution >= 4 is 43.1 Å². The highest BCUT2D eigenvalue weighted by atomic mass is 32.2. The SMILES string of the molecule is CC(=O)c1ccc(S(=O)(=O)Nc2ccc(C(=O)Nc3ccc(C)c(S(N)(=O)=O)c3)cc2)cc1. The number of carbonyl (C=O) groups is 2. The maximum atomic E-state index is 12.5. The second-order valence-electron chi connectivity index (χ2n) is 7.24. The molecule has 3 aromatic carbocycles. The Morgan fingerprint density at radius 1 is 0.788 bits per heavy atom. The summed E-state index contributed by atoms with van der Waals surface area (Å²) in [6.07, 6.45) is 0. The molecular weight excluding hydrogens is 466 g/mol. The largest absolute Gasteiger partial charge is 0.322 e. The first-order valence-corrected chi connectivity index (χ1v) is 12.6. The number of anilines is 2.